The van der Waals surface area contributed by atoms with Crippen LogP contribution in [0.25, 0.3) is 42.3 Å². The highest BCUT2D eigenvalue weighted by molar-refractivity contribution is 7.29. The Kier molecular flexibility index (Phi) is 5.65. The second-order valence-corrected chi connectivity index (χ2v) is 14.3. The molecule has 0 spiro atoms. The van der Waals surface area contributed by atoms with Gasteiger partial charge in [-0.05, 0) is 70.4 Å². The zero-order chi connectivity index (χ0) is 27.1. The van der Waals surface area contributed by atoms with Gasteiger partial charge in [0.2, 0.25) is 0 Å². The molecule has 3 saturated heterocycles. The zero-order valence-electron chi connectivity index (χ0n) is 23.1. The maximum absolute atomic E-state index is 5.93. The summed E-state index contributed by atoms with van der Waals surface area (Å²) < 4.78 is 7.88. The lowest BCUT2D eigenvalue weighted by molar-refractivity contribution is -0.0394. The van der Waals surface area contributed by atoms with Crippen LogP contribution in [-0.2, 0) is 4.74 Å². The third-order valence-electron chi connectivity index (χ3n) is 9.23. The van der Waals surface area contributed by atoms with E-state index in [0.29, 0.717) is 6.04 Å². The average Bonchev–Trinajstić information content (AvgIpc) is 3.76. The molecule has 4 atom stereocenters. The first-order chi connectivity index (χ1) is 19.4. The molecule has 7 heterocycles. The summed E-state index contributed by atoms with van der Waals surface area (Å²) in [5.74, 6) is 0. The van der Waals surface area contributed by atoms with Crippen LogP contribution in [0.5, 0.6) is 0 Å². The van der Waals surface area contributed by atoms with Crippen LogP contribution >= 0.6 is 22.7 Å². The topological polar surface area (TPSA) is 96.8 Å². The highest BCUT2D eigenvalue weighted by Crippen LogP contribution is 2.45. The Balaban J connectivity index is 1.07. The van der Waals surface area contributed by atoms with Crippen LogP contribution in [0.1, 0.15) is 65.0 Å². The van der Waals surface area contributed by atoms with E-state index in [2.05, 4.69) is 64.7 Å². The van der Waals surface area contributed by atoms with Crippen molar-refractivity contribution in [1.82, 2.24) is 35.3 Å². The van der Waals surface area contributed by atoms with Crippen LogP contribution in [0, 0.1) is 0 Å². The van der Waals surface area contributed by atoms with Crippen molar-refractivity contribution in [3.8, 4) is 21.7 Å². The van der Waals surface area contributed by atoms with Crippen molar-refractivity contribution in [1.29, 1.82) is 0 Å². The molecule has 208 valence electrons. The number of aromatic amines is 1. The van der Waals surface area contributed by atoms with E-state index in [1.165, 1.54) is 19.3 Å². The van der Waals surface area contributed by atoms with E-state index >= 15 is 0 Å². The van der Waals surface area contributed by atoms with Crippen molar-refractivity contribution >= 4 is 48.4 Å². The third kappa shape index (κ3) is 4.08. The van der Waals surface area contributed by atoms with Crippen LogP contribution in [0.15, 0.2) is 30.7 Å². The number of nitrogens with zero attached hydrogens (tertiary/aromatic N) is 6. The van der Waals surface area contributed by atoms with Gasteiger partial charge in [0.05, 0.1) is 17.9 Å². The SMILES string of the molecule is CN(c1nc2sc(-c3ccc(-c4cnn(C5CCCCO5)c4)c4cn[nH]c34)nc2s1)C1C[C@]2(C)CC[C@](C)(C1)N2. The molecule has 0 radical (unpaired) electrons. The molecule has 2 N–H and O–H groups in total. The number of anilines is 1. The number of benzene rings is 1. The van der Waals surface area contributed by atoms with Gasteiger partial charge in [0.25, 0.3) is 0 Å². The molecule has 5 aromatic rings. The lowest BCUT2D eigenvalue weighted by Gasteiger charge is -2.45. The molecule has 9 nitrogen and oxygen atoms in total. The van der Waals surface area contributed by atoms with Gasteiger partial charge in [0.1, 0.15) is 11.2 Å². The van der Waals surface area contributed by atoms with Crippen LogP contribution in [0.3, 0.4) is 0 Å². The van der Waals surface area contributed by atoms with E-state index in [-0.39, 0.29) is 17.3 Å². The summed E-state index contributed by atoms with van der Waals surface area (Å²) in [7, 11) is 2.21. The van der Waals surface area contributed by atoms with Crippen LogP contribution in [0.2, 0.25) is 0 Å². The van der Waals surface area contributed by atoms with Crippen molar-refractivity contribution in [3.63, 3.8) is 0 Å². The van der Waals surface area contributed by atoms with Crippen LogP contribution in [-0.4, -0.2) is 60.7 Å². The number of thiazole rings is 2. The molecular formula is C29H34N8OS2. The molecule has 0 aliphatic carbocycles. The first kappa shape index (κ1) is 24.9. The quantitative estimate of drug-likeness (QED) is 0.252. The Hall–Kier alpha value is -2.86. The van der Waals surface area contributed by atoms with Gasteiger partial charge in [0, 0.05) is 53.5 Å². The van der Waals surface area contributed by atoms with Crippen molar-refractivity contribution in [3.05, 3.63) is 30.7 Å². The molecule has 11 heteroatoms. The summed E-state index contributed by atoms with van der Waals surface area (Å²) >= 11 is 3.36. The van der Waals surface area contributed by atoms with Crippen molar-refractivity contribution < 1.29 is 4.74 Å². The monoisotopic (exact) mass is 574 g/mol. The molecule has 0 saturated carbocycles. The summed E-state index contributed by atoms with van der Waals surface area (Å²) in [6.07, 6.45) is 14.1. The number of fused-ring (bicyclic) bond motifs is 4. The number of aromatic nitrogens is 6. The van der Waals surface area contributed by atoms with Gasteiger partial charge in [0.15, 0.2) is 14.8 Å². The number of rotatable bonds is 5. The molecule has 4 aromatic heterocycles. The molecular weight excluding hydrogens is 541 g/mol. The molecule has 2 bridgehead atoms. The highest BCUT2D eigenvalue weighted by Gasteiger charge is 2.49. The zero-order valence-corrected chi connectivity index (χ0v) is 24.7. The summed E-state index contributed by atoms with van der Waals surface area (Å²) in [6.45, 7) is 5.56. The maximum Gasteiger partial charge on any atom is 0.188 e. The number of ether oxygens (including phenoxy) is 1. The van der Waals surface area contributed by atoms with Gasteiger partial charge in [-0.15, -0.1) is 0 Å². The second-order valence-electron chi connectivity index (χ2n) is 12.4. The smallest absolute Gasteiger partial charge is 0.188 e. The maximum atomic E-state index is 5.93. The van der Waals surface area contributed by atoms with Gasteiger partial charge in [-0.3, -0.25) is 5.10 Å². The fourth-order valence-corrected chi connectivity index (χ4v) is 9.29. The minimum absolute atomic E-state index is 0.0254. The first-order valence-corrected chi connectivity index (χ1v) is 15.9. The minimum Gasteiger partial charge on any atom is -0.357 e. The molecule has 40 heavy (non-hydrogen) atoms. The molecule has 1 aromatic carbocycles. The van der Waals surface area contributed by atoms with Crippen molar-refractivity contribution in [2.24, 2.45) is 0 Å². The van der Waals surface area contributed by atoms with E-state index < -0.39 is 0 Å². The Labute approximate surface area is 241 Å². The third-order valence-corrected chi connectivity index (χ3v) is 11.4. The summed E-state index contributed by atoms with van der Waals surface area (Å²) in [4.78, 5) is 14.5. The predicted octanol–water partition coefficient (Wildman–Crippen LogP) is 6.36. The Morgan fingerprint density at radius 3 is 2.60 bits per heavy atom. The standard InChI is InChI=1S/C29H34N8OS2/c1-28-9-10-29(2,35-28)13-18(12-28)36(3)27-33-26-25(40-27)32-24(39-26)20-8-7-19(21-15-30-34-23(20)21)17-14-31-37(16-17)22-6-4-5-11-38-22/h7-8,14-16,18,22,35H,4-6,9-13H2,1-3H3,(H,30,34)/t18?,22?,28-,29+. The van der Waals surface area contributed by atoms with E-state index in [1.54, 1.807) is 22.7 Å². The average molecular weight is 575 g/mol. The molecule has 3 fully saturated rings. The molecule has 3 aliphatic heterocycles. The number of hydrogen-bond donors (Lipinski definition) is 2. The summed E-state index contributed by atoms with van der Waals surface area (Å²) in [6, 6.07) is 4.79. The minimum atomic E-state index is 0.0254. The largest absolute Gasteiger partial charge is 0.357 e. The van der Waals surface area contributed by atoms with E-state index in [9.17, 15) is 0 Å². The van der Waals surface area contributed by atoms with E-state index in [1.807, 2.05) is 17.1 Å². The van der Waals surface area contributed by atoms with Gasteiger partial charge in [-0.1, -0.05) is 28.7 Å². The van der Waals surface area contributed by atoms with Crippen molar-refractivity contribution in [2.75, 3.05) is 18.6 Å². The van der Waals surface area contributed by atoms with Crippen LogP contribution < -0.4 is 10.2 Å². The normalized spacial score (nSPS) is 28.6. The van der Waals surface area contributed by atoms with Crippen LogP contribution in [0.4, 0.5) is 5.13 Å². The summed E-state index contributed by atoms with van der Waals surface area (Å²) in [5.41, 5.74) is 4.68. The molecule has 0 amide bonds. The number of nitrogens with one attached hydrogen (secondary N) is 2. The Morgan fingerprint density at radius 2 is 1.82 bits per heavy atom. The van der Waals surface area contributed by atoms with E-state index in [4.69, 9.17) is 14.7 Å². The molecule has 8 rings (SSSR count). The lowest BCUT2D eigenvalue weighted by atomic mass is 9.84. The van der Waals surface area contributed by atoms with Gasteiger partial charge >= 0.3 is 0 Å². The van der Waals surface area contributed by atoms with E-state index in [0.717, 1.165) is 79.7 Å². The van der Waals surface area contributed by atoms with Gasteiger partial charge in [-0.2, -0.15) is 10.2 Å². The highest BCUT2D eigenvalue weighted by atomic mass is 32.1. The van der Waals surface area contributed by atoms with Gasteiger partial charge < -0.3 is 15.0 Å². The number of piperidine rings is 1. The van der Waals surface area contributed by atoms with Crippen molar-refractivity contribution in [2.45, 2.75) is 82.1 Å². The molecule has 2 unspecified atom stereocenters. The number of hydrogen-bond acceptors (Lipinski definition) is 9. The summed E-state index contributed by atoms with van der Waals surface area (Å²) in [5, 5.41) is 19.3. The Bertz CT molecular complexity index is 1660. The fourth-order valence-electron chi connectivity index (χ4n) is 7.18. The molecule has 3 aliphatic rings. The predicted molar refractivity (Wildman–Crippen MR) is 161 cm³/mol. The lowest BCUT2D eigenvalue weighted by Crippen LogP contribution is -2.58. The second kappa shape index (κ2) is 9.07. The fraction of sp³-hybridized carbons (Fsp3) is 0.517. The first-order valence-electron chi connectivity index (χ1n) is 14.3. The van der Waals surface area contributed by atoms with Gasteiger partial charge in [-0.25, -0.2) is 14.6 Å². The Morgan fingerprint density at radius 1 is 1.02 bits per heavy atom. The number of H-pyrrole nitrogens is 1.